The molecule has 1 aromatic heterocycles. The molecule has 0 saturated heterocycles. The van der Waals surface area contributed by atoms with Crippen molar-refractivity contribution < 1.29 is 0 Å². The van der Waals surface area contributed by atoms with Gasteiger partial charge in [0.1, 0.15) is 0 Å². The molecule has 8 heteroatoms. The highest BCUT2D eigenvalue weighted by atomic mass is 15.3. The minimum atomic E-state index is 0.612. The molecule has 0 atom stereocenters. The van der Waals surface area contributed by atoms with Gasteiger partial charge in [0.05, 0.1) is 46.5 Å². The van der Waals surface area contributed by atoms with Crippen molar-refractivity contribution in [3.63, 3.8) is 0 Å². The third-order valence-electron chi connectivity index (χ3n) is 14.5. The molecule has 0 N–H and O–H groups in total. The number of para-hydroxylation sites is 10. The Kier molecular flexibility index (Phi) is 15.1. The van der Waals surface area contributed by atoms with Crippen LogP contribution in [0.25, 0.3) is 0 Å². The van der Waals surface area contributed by atoms with Gasteiger partial charge in [-0.25, -0.2) is 4.98 Å². The SMILES string of the molecule is c1ccc(N(c2ccccc2)c2cc(N(c3ccccc3)c3ccccc3)cc(N(c3ccccc3)c3cncc(N(c4ccccc4)c4cc(N(c5ccccc5)c5ccccc5)cc(N(c5ccccc5)c5ccccc5)c4)n3)c2)cc1. The lowest BCUT2D eigenvalue weighted by Crippen LogP contribution is -2.19. The Balaban J connectivity index is 1.05. The number of hydrogen-bond donors (Lipinski definition) is 0. The molecule has 12 aromatic carbocycles. The monoisotopic (exact) mass is 1080 g/mol. The predicted molar refractivity (Wildman–Crippen MR) is 350 cm³/mol. The van der Waals surface area contributed by atoms with Crippen LogP contribution < -0.4 is 29.4 Å². The Morgan fingerprint density at radius 1 is 0.155 bits per heavy atom. The highest BCUT2D eigenvalue weighted by Crippen LogP contribution is 2.48. The summed E-state index contributed by atoms with van der Waals surface area (Å²) in [5.74, 6) is 1.22. The molecule has 0 amide bonds. The first-order chi connectivity index (χ1) is 41.7. The second-order valence-electron chi connectivity index (χ2n) is 20.0. The maximum Gasteiger partial charge on any atom is 0.158 e. The Labute approximate surface area is 491 Å². The van der Waals surface area contributed by atoms with E-state index in [9.17, 15) is 0 Å². The van der Waals surface area contributed by atoms with Crippen LogP contribution in [0.5, 0.6) is 0 Å². The normalized spacial score (nSPS) is 10.9. The van der Waals surface area contributed by atoms with Gasteiger partial charge in [-0.05, 0) is 158 Å². The summed E-state index contributed by atoms with van der Waals surface area (Å²) >= 11 is 0. The zero-order chi connectivity index (χ0) is 56.3. The molecule has 0 unspecified atom stereocenters. The highest BCUT2D eigenvalue weighted by molar-refractivity contribution is 5.92. The Morgan fingerprint density at radius 3 is 0.464 bits per heavy atom. The molecule has 13 rings (SSSR count). The molecule has 8 nitrogen and oxygen atoms in total. The van der Waals surface area contributed by atoms with Crippen molar-refractivity contribution >= 4 is 103 Å². The fraction of sp³-hybridized carbons (Fsp3) is 0. The van der Waals surface area contributed by atoms with E-state index in [2.05, 4.69) is 369 Å². The average Bonchev–Trinajstić information content (AvgIpc) is 3.73. The lowest BCUT2D eigenvalue weighted by atomic mass is 10.1. The van der Waals surface area contributed by atoms with Crippen LogP contribution in [0, 0.1) is 0 Å². The first-order valence-corrected chi connectivity index (χ1v) is 28.1. The van der Waals surface area contributed by atoms with E-state index < -0.39 is 0 Å². The summed E-state index contributed by atoms with van der Waals surface area (Å²) in [4.78, 5) is 24.6. The third-order valence-corrected chi connectivity index (χ3v) is 14.5. The van der Waals surface area contributed by atoms with Crippen molar-refractivity contribution in [2.75, 3.05) is 29.4 Å². The van der Waals surface area contributed by atoms with E-state index >= 15 is 0 Å². The zero-order valence-corrected chi connectivity index (χ0v) is 46.1. The van der Waals surface area contributed by atoms with Gasteiger partial charge >= 0.3 is 0 Å². The summed E-state index contributed by atoms with van der Waals surface area (Å²) in [6.45, 7) is 0. The quantitative estimate of drug-likeness (QED) is 0.0842. The first kappa shape index (κ1) is 51.9. The minimum Gasteiger partial charge on any atom is -0.310 e. The van der Waals surface area contributed by atoms with Gasteiger partial charge < -0.3 is 19.6 Å². The van der Waals surface area contributed by atoms with Crippen LogP contribution >= 0.6 is 0 Å². The van der Waals surface area contributed by atoms with Crippen LogP contribution in [0.1, 0.15) is 0 Å². The van der Waals surface area contributed by atoms with E-state index in [4.69, 9.17) is 9.97 Å². The fourth-order valence-corrected chi connectivity index (χ4v) is 10.9. The summed E-state index contributed by atoms with van der Waals surface area (Å²) in [6, 6.07) is 119. The van der Waals surface area contributed by atoms with E-state index in [0.29, 0.717) is 11.6 Å². The van der Waals surface area contributed by atoms with Gasteiger partial charge in [0.15, 0.2) is 11.6 Å². The molecule has 0 saturated carbocycles. The van der Waals surface area contributed by atoms with Crippen molar-refractivity contribution in [2.45, 2.75) is 0 Å². The lowest BCUT2D eigenvalue weighted by Gasteiger charge is -2.33. The van der Waals surface area contributed by atoms with Gasteiger partial charge in [-0.15, -0.1) is 0 Å². The maximum atomic E-state index is 5.78. The second kappa shape index (κ2) is 24.5. The highest BCUT2D eigenvalue weighted by Gasteiger charge is 2.26. The van der Waals surface area contributed by atoms with Crippen LogP contribution in [0.4, 0.5) is 103 Å². The van der Waals surface area contributed by atoms with E-state index in [1.165, 1.54) is 0 Å². The summed E-state index contributed by atoms with van der Waals surface area (Å²) in [5, 5.41) is 0. The molecule has 402 valence electrons. The van der Waals surface area contributed by atoms with Crippen molar-refractivity contribution in [1.29, 1.82) is 0 Å². The summed E-state index contributed by atoms with van der Waals surface area (Å²) in [7, 11) is 0. The largest absolute Gasteiger partial charge is 0.310 e. The molecule has 0 radical (unpaired) electrons. The van der Waals surface area contributed by atoms with Crippen LogP contribution in [0.2, 0.25) is 0 Å². The average molecular weight is 1080 g/mol. The Hall–Kier alpha value is -11.5. The molecule has 1 heterocycles. The van der Waals surface area contributed by atoms with Crippen LogP contribution in [0.3, 0.4) is 0 Å². The predicted octanol–water partition coefficient (Wildman–Crippen LogP) is 21.3. The van der Waals surface area contributed by atoms with Crippen LogP contribution in [0.15, 0.2) is 352 Å². The molecule has 13 aromatic rings. The number of benzene rings is 12. The Morgan fingerprint density at radius 2 is 0.298 bits per heavy atom. The molecular formula is C76H58N8. The van der Waals surface area contributed by atoms with Crippen LogP contribution in [-0.4, -0.2) is 9.97 Å². The van der Waals surface area contributed by atoms with Gasteiger partial charge in [0, 0.05) is 56.9 Å². The van der Waals surface area contributed by atoms with E-state index in [-0.39, 0.29) is 0 Å². The number of aromatic nitrogens is 2. The standard InChI is InChI=1S/C76H58N8/c1-11-31-59(32-12-1)79(60-33-13-2-14-34-60)69-51-70(80(61-35-15-3-16-36-61)62-37-17-4-18-38-62)54-73(53-69)83(67-47-27-9-28-48-67)75-57-77-58-76(78-75)84(68-49-29-10-30-50-68)74-55-71(81(63-39-19-5-20-40-63)64-41-21-6-22-42-64)52-72(56-74)82(65-43-23-7-24-44-65)66-45-25-8-26-46-66/h1-58H. The smallest absolute Gasteiger partial charge is 0.158 e. The summed E-state index contributed by atoms with van der Waals surface area (Å²) in [5.41, 5.74) is 15.4. The van der Waals surface area contributed by atoms with Crippen molar-refractivity contribution in [2.24, 2.45) is 0 Å². The zero-order valence-electron chi connectivity index (χ0n) is 46.1. The minimum absolute atomic E-state index is 0.612. The van der Waals surface area contributed by atoms with E-state index in [1.807, 2.05) is 12.4 Å². The summed E-state index contributed by atoms with van der Waals surface area (Å²) in [6.07, 6.45) is 3.73. The lowest BCUT2D eigenvalue weighted by molar-refractivity contribution is 1.08. The van der Waals surface area contributed by atoms with E-state index in [1.54, 1.807) is 0 Å². The molecule has 84 heavy (non-hydrogen) atoms. The maximum absolute atomic E-state index is 5.78. The van der Waals surface area contributed by atoms with Crippen molar-refractivity contribution in [3.8, 4) is 0 Å². The van der Waals surface area contributed by atoms with Gasteiger partial charge in [0.25, 0.3) is 0 Å². The Bertz CT molecular complexity index is 3560. The summed E-state index contributed by atoms with van der Waals surface area (Å²) < 4.78 is 0. The molecule has 0 aliphatic rings. The fourth-order valence-electron chi connectivity index (χ4n) is 10.9. The van der Waals surface area contributed by atoms with Gasteiger partial charge in [-0.3, -0.25) is 14.8 Å². The number of nitrogens with zero attached hydrogens (tertiary/aromatic N) is 8. The van der Waals surface area contributed by atoms with Crippen molar-refractivity contribution in [1.82, 2.24) is 9.97 Å². The number of rotatable bonds is 18. The van der Waals surface area contributed by atoms with E-state index in [0.717, 1.165) is 91.0 Å². The van der Waals surface area contributed by atoms with Gasteiger partial charge in [-0.2, -0.15) is 0 Å². The van der Waals surface area contributed by atoms with Gasteiger partial charge in [-0.1, -0.05) is 182 Å². The molecule has 0 bridgehead atoms. The topological polar surface area (TPSA) is 45.2 Å². The molecule has 0 spiro atoms. The second-order valence-corrected chi connectivity index (χ2v) is 20.0. The third kappa shape index (κ3) is 11.2. The van der Waals surface area contributed by atoms with Crippen molar-refractivity contribution in [3.05, 3.63) is 352 Å². The van der Waals surface area contributed by atoms with Gasteiger partial charge in [0.2, 0.25) is 0 Å². The molecule has 0 aliphatic heterocycles. The first-order valence-electron chi connectivity index (χ1n) is 28.1. The molecular weight excluding hydrogens is 1020 g/mol. The molecule has 0 aliphatic carbocycles. The van der Waals surface area contributed by atoms with Crippen LogP contribution in [-0.2, 0) is 0 Å². The number of hydrogen-bond acceptors (Lipinski definition) is 8. The molecule has 0 fully saturated rings. The number of anilines is 18.